The number of hydrogen-bond donors (Lipinski definition) is 2. The number of anilines is 1. The number of nitrogens with one attached hydrogen (secondary N) is 2. The number of ether oxygens (including phenoxy) is 2. The number of methoxy groups -OCH3 is 1. The molecular weight excluding hydrogens is 440 g/mol. The Kier molecular flexibility index (Phi) is 7.60. The summed E-state index contributed by atoms with van der Waals surface area (Å²) < 4.78 is 39.2. The first kappa shape index (κ1) is 24.1. The van der Waals surface area contributed by atoms with E-state index < -0.39 is 10.0 Å². The third-order valence-corrected chi connectivity index (χ3v) is 6.39. The molecule has 0 spiro atoms. The topological polar surface area (TPSA) is 93.7 Å². The molecule has 3 aromatic rings. The molecule has 0 radical (unpaired) electrons. The number of sulfonamides is 1. The van der Waals surface area contributed by atoms with Crippen LogP contribution >= 0.6 is 0 Å². The number of rotatable bonds is 9. The first-order valence-corrected chi connectivity index (χ1v) is 12.0. The minimum atomic E-state index is -3.85. The molecule has 0 unspecified atom stereocenters. The van der Waals surface area contributed by atoms with Gasteiger partial charge in [0.1, 0.15) is 0 Å². The summed E-state index contributed by atoms with van der Waals surface area (Å²) in [5.74, 6) is 0.841. The Morgan fingerprint density at radius 3 is 2.45 bits per heavy atom. The van der Waals surface area contributed by atoms with E-state index in [0.717, 1.165) is 11.1 Å². The second-order valence-corrected chi connectivity index (χ2v) is 9.24. The molecule has 3 rings (SSSR count). The first-order chi connectivity index (χ1) is 15.7. The third-order valence-electron chi connectivity index (χ3n) is 5.02. The summed E-state index contributed by atoms with van der Waals surface area (Å²) in [5, 5.41) is 2.84. The molecule has 0 aliphatic carbocycles. The highest BCUT2D eigenvalue weighted by atomic mass is 32.2. The fourth-order valence-corrected chi connectivity index (χ4v) is 4.39. The van der Waals surface area contributed by atoms with Gasteiger partial charge in [0.25, 0.3) is 15.9 Å². The van der Waals surface area contributed by atoms with Gasteiger partial charge in [-0.05, 0) is 73.9 Å². The Bertz CT molecular complexity index is 1260. The molecule has 174 valence electrons. The van der Waals surface area contributed by atoms with E-state index in [2.05, 4.69) is 10.0 Å². The minimum absolute atomic E-state index is 0.0162. The third kappa shape index (κ3) is 6.04. The van der Waals surface area contributed by atoms with E-state index in [0.29, 0.717) is 34.9 Å². The average Bonchev–Trinajstić information content (AvgIpc) is 2.78. The van der Waals surface area contributed by atoms with Crippen LogP contribution in [0.1, 0.15) is 34.0 Å². The van der Waals surface area contributed by atoms with Crippen LogP contribution in [-0.2, 0) is 16.6 Å². The number of benzene rings is 3. The number of amides is 1. The van der Waals surface area contributed by atoms with Crippen LogP contribution in [0.4, 0.5) is 5.69 Å². The first-order valence-electron chi connectivity index (χ1n) is 10.5. The molecule has 7 nitrogen and oxygen atoms in total. The molecule has 0 saturated heterocycles. The van der Waals surface area contributed by atoms with Crippen molar-refractivity contribution in [1.29, 1.82) is 0 Å². The second kappa shape index (κ2) is 10.4. The second-order valence-electron chi connectivity index (χ2n) is 7.55. The van der Waals surface area contributed by atoms with Gasteiger partial charge in [0.05, 0.1) is 18.6 Å². The van der Waals surface area contributed by atoms with Crippen LogP contribution in [0.25, 0.3) is 0 Å². The molecule has 0 atom stereocenters. The summed E-state index contributed by atoms with van der Waals surface area (Å²) >= 11 is 0. The van der Waals surface area contributed by atoms with Crippen molar-refractivity contribution >= 4 is 21.6 Å². The van der Waals surface area contributed by atoms with Crippen molar-refractivity contribution in [2.45, 2.75) is 32.2 Å². The maximum Gasteiger partial charge on any atom is 0.261 e. The lowest BCUT2D eigenvalue weighted by Crippen LogP contribution is -2.24. The van der Waals surface area contributed by atoms with Crippen molar-refractivity contribution in [3.05, 3.63) is 82.9 Å². The molecular formula is C25H28N2O5S. The van der Waals surface area contributed by atoms with Gasteiger partial charge < -0.3 is 14.8 Å². The Morgan fingerprint density at radius 2 is 1.76 bits per heavy atom. The highest BCUT2D eigenvalue weighted by Crippen LogP contribution is 2.28. The summed E-state index contributed by atoms with van der Waals surface area (Å²) in [6.45, 7) is 6.30. The standard InChI is InChI=1S/C25H28N2O5S/c1-5-32-23-12-10-19(14-24(23)31-4)16-26-25(28)22-15-21(11-9-18(22)3)33(29,30)27-20-8-6-7-17(2)13-20/h6-15,27H,5,16H2,1-4H3,(H,26,28). The Labute approximate surface area is 194 Å². The molecule has 0 heterocycles. The summed E-state index contributed by atoms with van der Waals surface area (Å²) in [5.41, 5.74) is 3.19. The summed E-state index contributed by atoms with van der Waals surface area (Å²) in [7, 11) is -2.29. The van der Waals surface area contributed by atoms with Gasteiger partial charge in [0.15, 0.2) is 11.5 Å². The Hall–Kier alpha value is -3.52. The van der Waals surface area contributed by atoms with Crippen LogP contribution in [0.15, 0.2) is 65.6 Å². The zero-order valence-electron chi connectivity index (χ0n) is 19.1. The van der Waals surface area contributed by atoms with Crippen LogP contribution in [0.2, 0.25) is 0 Å². The lowest BCUT2D eigenvalue weighted by molar-refractivity contribution is 0.0950. The van der Waals surface area contributed by atoms with Crippen molar-refractivity contribution in [2.24, 2.45) is 0 Å². The van der Waals surface area contributed by atoms with Gasteiger partial charge in [-0.1, -0.05) is 24.3 Å². The van der Waals surface area contributed by atoms with Gasteiger partial charge in [-0.2, -0.15) is 0 Å². The van der Waals surface area contributed by atoms with Gasteiger partial charge in [0.2, 0.25) is 0 Å². The highest BCUT2D eigenvalue weighted by molar-refractivity contribution is 7.92. The van der Waals surface area contributed by atoms with Crippen LogP contribution in [0.5, 0.6) is 11.5 Å². The van der Waals surface area contributed by atoms with Gasteiger partial charge in [-0.15, -0.1) is 0 Å². The summed E-state index contributed by atoms with van der Waals surface area (Å²) in [6, 6.07) is 17.0. The molecule has 0 aromatic heterocycles. The SMILES string of the molecule is CCOc1ccc(CNC(=O)c2cc(S(=O)(=O)Nc3cccc(C)c3)ccc2C)cc1OC. The molecule has 2 N–H and O–H groups in total. The van der Waals surface area contributed by atoms with E-state index in [1.54, 1.807) is 50.4 Å². The number of carbonyl (C=O) groups is 1. The minimum Gasteiger partial charge on any atom is -0.493 e. The van der Waals surface area contributed by atoms with Gasteiger partial charge in [-0.25, -0.2) is 8.42 Å². The molecule has 8 heteroatoms. The largest absolute Gasteiger partial charge is 0.493 e. The van der Waals surface area contributed by atoms with Crippen molar-refractivity contribution in [3.63, 3.8) is 0 Å². The number of carbonyl (C=O) groups excluding carboxylic acids is 1. The predicted octanol–water partition coefficient (Wildman–Crippen LogP) is 4.44. The Balaban J connectivity index is 1.77. The quantitative estimate of drug-likeness (QED) is 0.484. The maximum atomic E-state index is 12.9. The van der Waals surface area contributed by atoms with Crippen molar-refractivity contribution in [3.8, 4) is 11.5 Å². The fourth-order valence-electron chi connectivity index (χ4n) is 3.31. The number of hydrogen-bond acceptors (Lipinski definition) is 5. The molecule has 1 amide bonds. The lowest BCUT2D eigenvalue weighted by Gasteiger charge is -2.13. The monoisotopic (exact) mass is 468 g/mol. The fraction of sp³-hybridized carbons (Fsp3) is 0.240. The maximum absolute atomic E-state index is 12.9. The van der Waals surface area contributed by atoms with Crippen molar-refractivity contribution in [2.75, 3.05) is 18.4 Å². The van der Waals surface area contributed by atoms with Crippen LogP contribution in [0.3, 0.4) is 0 Å². The average molecular weight is 469 g/mol. The highest BCUT2D eigenvalue weighted by Gasteiger charge is 2.18. The molecule has 0 bridgehead atoms. The molecule has 3 aromatic carbocycles. The molecule has 0 fully saturated rings. The molecule has 0 aliphatic heterocycles. The zero-order chi connectivity index (χ0) is 24.0. The van der Waals surface area contributed by atoms with Crippen molar-refractivity contribution < 1.29 is 22.7 Å². The predicted molar refractivity (Wildman–Crippen MR) is 128 cm³/mol. The van der Waals surface area contributed by atoms with E-state index >= 15 is 0 Å². The van der Waals surface area contributed by atoms with E-state index in [4.69, 9.17) is 9.47 Å². The zero-order valence-corrected chi connectivity index (χ0v) is 20.0. The van der Waals surface area contributed by atoms with E-state index in [-0.39, 0.29) is 17.3 Å². The lowest BCUT2D eigenvalue weighted by atomic mass is 10.1. The van der Waals surface area contributed by atoms with Crippen molar-refractivity contribution in [1.82, 2.24) is 5.32 Å². The molecule has 33 heavy (non-hydrogen) atoms. The normalized spacial score (nSPS) is 11.0. The van der Waals surface area contributed by atoms with E-state index in [9.17, 15) is 13.2 Å². The summed E-state index contributed by atoms with van der Waals surface area (Å²) in [4.78, 5) is 12.9. The molecule has 0 saturated carbocycles. The van der Waals surface area contributed by atoms with Crippen LogP contribution in [-0.4, -0.2) is 28.0 Å². The van der Waals surface area contributed by atoms with E-state index in [1.165, 1.54) is 12.1 Å². The Morgan fingerprint density at radius 1 is 0.970 bits per heavy atom. The van der Waals surface area contributed by atoms with Gasteiger partial charge in [-0.3, -0.25) is 9.52 Å². The molecule has 0 aliphatic rings. The number of aryl methyl sites for hydroxylation is 2. The van der Waals surface area contributed by atoms with Crippen LogP contribution < -0.4 is 19.5 Å². The van der Waals surface area contributed by atoms with E-state index in [1.807, 2.05) is 26.0 Å². The smallest absolute Gasteiger partial charge is 0.261 e. The van der Waals surface area contributed by atoms with Gasteiger partial charge >= 0.3 is 0 Å². The van der Waals surface area contributed by atoms with Gasteiger partial charge in [0, 0.05) is 17.8 Å². The summed E-state index contributed by atoms with van der Waals surface area (Å²) in [6.07, 6.45) is 0. The van der Waals surface area contributed by atoms with Crippen LogP contribution in [0, 0.1) is 13.8 Å².